The molecule has 2 aromatic heterocycles. The van der Waals surface area contributed by atoms with E-state index in [1.165, 1.54) is 18.3 Å². The summed E-state index contributed by atoms with van der Waals surface area (Å²) < 4.78 is 10.1. The summed E-state index contributed by atoms with van der Waals surface area (Å²) in [5.41, 5.74) is 5.53. The Kier molecular flexibility index (Phi) is 5.61. The number of nitro groups is 1. The molecule has 0 radical (unpaired) electrons. The molecule has 4 rings (SSSR count). The third-order valence-electron chi connectivity index (χ3n) is 4.80. The van der Waals surface area contributed by atoms with Crippen LogP contribution in [0.1, 0.15) is 33.8 Å². The van der Waals surface area contributed by atoms with Gasteiger partial charge in [0.2, 0.25) is 0 Å². The van der Waals surface area contributed by atoms with Crippen molar-refractivity contribution in [2.24, 2.45) is 5.10 Å². The normalized spacial score (nSPS) is 12.5. The number of nitrogens with zero attached hydrogens (tertiary/aromatic N) is 3. The van der Waals surface area contributed by atoms with Crippen LogP contribution in [0.25, 0.3) is 0 Å². The number of amides is 1. The molecule has 0 saturated heterocycles. The van der Waals surface area contributed by atoms with Gasteiger partial charge in [0, 0.05) is 11.4 Å². The summed E-state index contributed by atoms with van der Waals surface area (Å²) in [5, 5.41) is 17.7. The van der Waals surface area contributed by atoms with E-state index < -0.39 is 16.7 Å². The van der Waals surface area contributed by atoms with Crippen LogP contribution in [0.4, 0.5) is 17.4 Å². The van der Waals surface area contributed by atoms with Crippen LogP contribution in [0.5, 0.6) is 5.75 Å². The Labute approximate surface area is 177 Å². The Balaban J connectivity index is 1.54. The number of aromatic nitrogens is 1. The zero-order valence-corrected chi connectivity index (χ0v) is 16.6. The molecule has 10 nitrogen and oxygen atoms in total. The van der Waals surface area contributed by atoms with Crippen LogP contribution in [0.15, 0.2) is 52.0 Å². The maximum atomic E-state index is 12.8. The number of hydrogen-bond acceptors (Lipinski definition) is 8. The highest BCUT2D eigenvalue weighted by Crippen LogP contribution is 2.28. The van der Waals surface area contributed by atoms with E-state index in [0.717, 1.165) is 42.0 Å². The second-order valence-electron chi connectivity index (χ2n) is 6.83. The fourth-order valence-electron chi connectivity index (χ4n) is 3.28. The fraction of sp³-hybridized carbons (Fsp3) is 0.190. The highest BCUT2D eigenvalue weighted by Gasteiger charge is 2.20. The van der Waals surface area contributed by atoms with Crippen molar-refractivity contribution in [3.63, 3.8) is 0 Å². The van der Waals surface area contributed by atoms with Crippen molar-refractivity contribution in [2.75, 3.05) is 12.4 Å². The van der Waals surface area contributed by atoms with Crippen molar-refractivity contribution in [1.82, 2.24) is 10.4 Å². The van der Waals surface area contributed by atoms with Crippen LogP contribution < -0.4 is 15.5 Å². The van der Waals surface area contributed by atoms with Crippen molar-refractivity contribution < 1.29 is 18.9 Å². The molecule has 1 amide bonds. The van der Waals surface area contributed by atoms with Gasteiger partial charge in [-0.1, -0.05) is 0 Å². The lowest BCUT2D eigenvalue weighted by Gasteiger charge is -2.13. The number of rotatable bonds is 7. The first-order valence-electron chi connectivity index (χ1n) is 9.55. The lowest BCUT2D eigenvalue weighted by molar-refractivity contribution is -0.402. The smallest absolute Gasteiger partial charge is 0.433 e. The standard InChI is InChI=1S/C21H19N5O5/c1-30-15-7-5-14(6-8-15)23-20-17(11-13-3-2-4-18(13)24-20)21(27)25-22-12-16-9-10-19(31-16)26(28)29/h5-12H,2-4H2,1H3,(H,23,24)(H,25,27)/b22-12+. The lowest BCUT2D eigenvalue weighted by Crippen LogP contribution is -2.20. The molecule has 0 spiro atoms. The molecule has 1 aromatic carbocycles. The topological polar surface area (TPSA) is 132 Å². The summed E-state index contributed by atoms with van der Waals surface area (Å²) in [6.07, 6.45) is 3.92. The van der Waals surface area contributed by atoms with Gasteiger partial charge in [-0.2, -0.15) is 5.10 Å². The molecule has 1 aliphatic rings. The average Bonchev–Trinajstić information content (AvgIpc) is 3.43. The summed E-state index contributed by atoms with van der Waals surface area (Å²) in [4.78, 5) is 27.5. The predicted octanol–water partition coefficient (Wildman–Crippen LogP) is 3.59. The molecule has 0 bridgehead atoms. The van der Waals surface area contributed by atoms with E-state index in [-0.39, 0.29) is 5.76 Å². The number of carbonyl (C=O) groups excluding carboxylic acids is 1. The Bertz CT molecular complexity index is 1150. The van der Waals surface area contributed by atoms with Gasteiger partial charge in [-0.3, -0.25) is 14.9 Å². The monoisotopic (exact) mass is 421 g/mol. The van der Waals surface area contributed by atoms with E-state index in [9.17, 15) is 14.9 Å². The van der Waals surface area contributed by atoms with E-state index in [1.807, 2.05) is 30.3 Å². The molecule has 0 unspecified atom stereocenters. The van der Waals surface area contributed by atoms with Gasteiger partial charge in [0.25, 0.3) is 5.91 Å². The Hall–Kier alpha value is -4.21. The molecule has 0 aliphatic heterocycles. The number of carbonyl (C=O) groups is 1. The number of methoxy groups -OCH3 is 1. The zero-order valence-electron chi connectivity index (χ0n) is 16.6. The second kappa shape index (κ2) is 8.66. The summed E-state index contributed by atoms with van der Waals surface area (Å²) >= 11 is 0. The van der Waals surface area contributed by atoms with Gasteiger partial charge >= 0.3 is 5.88 Å². The van der Waals surface area contributed by atoms with Crippen LogP contribution in [0.2, 0.25) is 0 Å². The summed E-state index contributed by atoms with van der Waals surface area (Å²) in [6.45, 7) is 0. The molecule has 2 N–H and O–H groups in total. The van der Waals surface area contributed by atoms with Crippen molar-refractivity contribution in [3.05, 3.63) is 75.2 Å². The van der Waals surface area contributed by atoms with Crippen LogP contribution in [0.3, 0.4) is 0 Å². The SMILES string of the molecule is COc1ccc(Nc2nc3c(cc2C(=O)N/N=C/c2ccc([N+](=O)[O-])o2)CCC3)cc1. The number of fused-ring (bicyclic) bond motifs is 1. The quantitative estimate of drug-likeness (QED) is 0.338. The van der Waals surface area contributed by atoms with Gasteiger partial charge < -0.3 is 14.5 Å². The zero-order chi connectivity index (χ0) is 21.8. The molecule has 0 atom stereocenters. The van der Waals surface area contributed by atoms with Gasteiger partial charge in [-0.05, 0) is 61.2 Å². The number of hydrazone groups is 1. The largest absolute Gasteiger partial charge is 0.497 e. The van der Waals surface area contributed by atoms with E-state index in [0.29, 0.717) is 11.4 Å². The van der Waals surface area contributed by atoms with E-state index in [2.05, 4.69) is 20.8 Å². The first kappa shape index (κ1) is 20.1. The lowest BCUT2D eigenvalue weighted by atomic mass is 10.1. The molecular weight excluding hydrogens is 402 g/mol. The maximum absolute atomic E-state index is 12.8. The first-order valence-corrected chi connectivity index (χ1v) is 9.55. The minimum Gasteiger partial charge on any atom is -0.497 e. The number of pyridine rings is 1. The molecule has 10 heteroatoms. The summed E-state index contributed by atoms with van der Waals surface area (Å²) in [5.74, 6) is 0.429. The third-order valence-corrected chi connectivity index (χ3v) is 4.80. The first-order chi connectivity index (χ1) is 15.0. The molecule has 2 heterocycles. The minimum absolute atomic E-state index is 0.149. The molecule has 31 heavy (non-hydrogen) atoms. The van der Waals surface area contributed by atoms with Gasteiger partial charge in [0.05, 0.1) is 25.0 Å². The highest BCUT2D eigenvalue weighted by atomic mass is 16.6. The molecule has 3 aromatic rings. The van der Waals surface area contributed by atoms with Gasteiger partial charge in [-0.25, -0.2) is 10.4 Å². The Morgan fingerprint density at radius 3 is 2.77 bits per heavy atom. The molecule has 1 aliphatic carbocycles. The van der Waals surface area contributed by atoms with Gasteiger partial charge in [-0.15, -0.1) is 0 Å². The number of furan rings is 1. The van der Waals surface area contributed by atoms with Gasteiger partial charge in [0.1, 0.15) is 16.5 Å². The predicted molar refractivity (Wildman–Crippen MR) is 113 cm³/mol. The van der Waals surface area contributed by atoms with Crippen LogP contribution in [-0.2, 0) is 12.8 Å². The number of hydrogen-bond donors (Lipinski definition) is 2. The fourth-order valence-corrected chi connectivity index (χ4v) is 3.28. The molecule has 0 fully saturated rings. The van der Waals surface area contributed by atoms with Crippen molar-refractivity contribution in [3.8, 4) is 5.75 Å². The van der Waals surface area contributed by atoms with E-state index in [1.54, 1.807) is 7.11 Å². The Morgan fingerprint density at radius 1 is 1.26 bits per heavy atom. The summed E-state index contributed by atoms with van der Waals surface area (Å²) in [6, 6.07) is 11.7. The number of anilines is 2. The molecule has 158 valence electrons. The molecular formula is C21H19N5O5. The minimum atomic E-state index is -0.650. The molecule has 0 saturated carbocycles. The van der Waals surface area contributed by atoms with Crippen LogP contribution >= 0.6 is 0 Å². The van der Waals surface area contributed by atoms with Crippen molar-refractivity contribution in [1.29, 1.82) is 0 Å². The number of aryl methyl sites for hydroxylation is 2. The Morgan fingerprint density at radius 2 is 2.06 bits per heavy atom. The number of benzene rings is 1. The van der Waals surface area contributed by atoms with E-state index >= 15 is 0 Å². The van der Waals surface area contributed by atoms with E-state index in [4.69, 9.17) is 9.15 Å². The number of ether oxygens (including phenoxy) is 1. The second-order valence-corrected chi connectivity index (χ2v) is 6.83. The van der Waals surface area contributed by atoms with Crippen LogP contribution in [-0.4, -0.2) is 29.1 Å². The number of nitrogens with one attached hydrogen (secondary N) is 2. The van der Waals surface area contributed by atoms with Crippen molar-refractivity contribution in [2.45, 2.75) is 19.3 Å². The van der Waals surface area contributed by atoms with Crippen LogP contribution in [0, 0.1) is 10.1 Å². The average molecular weight is 421 g/mol. The van der Waals surface area contributed by atoms with Crippen molar-refractivity contribution >= 4 is 29.5 Å². The highest BCUT2D eigenvalue weighted by molar-refractivity contribution is 6.00. The van der Waals surface area contributed by atoms with Gasteiger partial charge in [0.15, 0.2) is 5.76 Å². The summed E-state index contributed by atoms with van der Waals surface area (Å²) in [7, 11) is 1.59. The third kappa shape index (κ3) is 4.53. The maximum Gasteiger partial charge on any atom is 0.433 e.